The summed E-state index contributed by atoms with van der Waals surface area (Å²) >= 11 is 0. The van der Waals surface area contributed by atoms with Crippen molar-refractivity contribution in [1.82, 2.24) is 5.32 Å². The fraction of sp³-hybridized carbons (Fsp3) is 0.833. The molecule has 3 heteroatoms. The van der Waals surface area contributed by atoms with Crippen molar-refractivity contribution in [2.45, 2.75) is 53.4 Å². The average Bonchev–Trinajstić information content (AvgIpc) is 2.61. The normalized spacial score (nSPS) is 27.7. The van der Waals surface area contributed by atoms with Crippen molar-refractivity contribution in [3.8, 4) is 0 Å². The molecule has 0 aromatic rings. The number of fused-ring (bicyclic) bond motifs is 1. The van der Waals surface area contributed by atoms with Crippen molar-refractivity contribution in [3.05, 3.63) is 0 Å². The lowest BCUT2D eigenvalue weighted by Crippen LogP contribution is -2.21. The van der Waals surface area contributed by atoms with Gasteiger partial charge in [-0.05, 0) is 12.8 Å². The van der Waals surface area contributed by atoms with Gasteiger partial charge in [-0.25, -0.2) is 0 Å². The van der Waals surface area contributed by atoms with Gasteiger partial charge in [0.2, 0.25) is 11.8 Å². The zero-order chi connectivity index (χ0) is 11.8. The van der Waals surface area contributed by atoms with Crippen LogP contribution in [0.25, 0.3) is 0 Å². The van der Waals surface area contributed by atoms with Crippen molar-refractivity contribution in [3.63, 3.8) is 0 Å². The molecule has 1 aliphatic heterocycles. The summed E-state index contributed by atoms with van der Waals surface area (Å²) in [6, 6.07) is 0. The van der Waals surface area contributed by atoms with Gasteiger partial charge in [0.15, 0.2) is 0 Å². The van der Waals surface area contributed by atoms with Crippen LogP contribution in [0.3, 0.4) is 0 Å². The van der Waals surface area contributed by atoms with Gasteiger partial charge in [0.25, 0.3) is 0 Å². The van der Waals surface area contributed by atoms with Crippen LogP contribution in [-0.2, 0) is 9.59 Å². The minimum Gasteiger partial charge on any atom is -0.296 e. The molecule has 1 N–H and O–H groups in total. The van der Waals surface area contributed by atoms with Crippen molar-refractivity contribution in [2.24, 2.45) is 11.8 Å². The Morgan fingerprint density at radius 2 is 1.20 bits per heavy atom. The first-order chi connectivity index (χ1) is 7.29. The van der Waals surface area contributed by atoms with Gasteiger partial charge in [-0.1, -0.05) is 40.5 Å². The maximum Gasteiger partial charge on any atom is 0.230 e. The van der Waals surface area contributed by atoms with E-state index in [1.54, 1.807) is 0 Å². The second kappa shape index (κ2) is 7.43. The van der Waals surface area contributed by atoms with Crippen LogP contribution in [0.2, 0.25) is 0 Å². The molecule has 0 bridgehead atoms. The fourth-order valence-electron chi connectivity index (χ4n) is 2.07. The van der Waals surface area contributed by atoms with Gasteiger partial charge in [0.05, 0.1) is 0 Å². The van der Waals surface area contributed by atoms with E-state index >= 15 is 0 Å². The van der Waals surface area contributed by atoms with E-state index in [-0.39, 0.29) is 23.7 Å². The van der Waals surface area contributed by atoms with Gasteiger partial charge in [-0.15, -0.1) is 0 Å². The van der Waals surface area contributed by atoms with Gasteiger partial charge < -0.3 is 0 Å². The predicted octanol–water partition coefficient (Wildman–Crippen LogP) is 2.50. The maximum absolute atomic E-state index is 11.1. The molecule has 0 aromatic heterocycles. The number of hydrogen-bond acceptors (Lipinski definition) is 2. The zero-order valence-electron chi connectivity index (χ0n) is 10.3. The Labute approximate surface area is 92.6 Å². The van der Waals surface area contributed by atoms with Crippen molar-refractivity contribution >= 4 is 11.8 Å². The summed E-state index contributed by atoms with van der Waals surface area (Å²) in [4.78, 5) is 22.2. The maximum atomic E-state index is 11.1. The molecule has 0 radical (unpaired) electrons. The van der Waals surface area contributed by atoms with Gasteiger partial charge in [-0.3, -0.25) is 14.9 Å². The average molecular weight is 213 g/mol. The van der Waals surface area contributed by atoms with Gasteiger partial charge in [-0.2, -0.15) is 0 Å². The molecule has 2 aliphatic rings. The third-order valence-corrected chi connectivity index (χ3v) is 2.69. The summed E-state index contributed by atoms with van der Waals surface area (Å²) in [5.41, 5.74) is 0. The quantitative estimate of drug-likeness (QED) is 0.628. The SMILES string of the molecule is CC.CC.O=C1NC(=O)[C@@H]2CCCCC12. The number of imide groups is 1. The van der Waals surface area contributed by atoms with Crippen LogP contribution in [0.15, 0.2) is 0 Å². The summed E-state index contributed by atoms with van der Waals surface area (Å²) in [6.07, 6.45) is 4.01. The summed E-state index contributed by atoms with van der Waals surface area (Å²) in [5.74, 6) is -0.0631. The smallest absolute Gasteiger partial charge is 0.230 e. The number of rotatable bonds is 0. The molecular formula is C12H23NO2. The summed E-state index contributed by atoms with van der Waals surface area (Å²) < 4.78 is 0. The molecule has 1 heterocycles. The minimum atomic E-state index is -0.0419. The minimum absolute atomic E-state index is 0.0104. The predicted molar refractivity (Wildman–Crippen MR) is 61.3 cm³/mol. The number of carbonyl (C=O) groups excluding carboxylic acids is 2. The summed E-state index contributed by atoms with van der Waals surface area (Å²) in [5, 5.41) is 2.38. The standard InChI is InChI=1S/C8H11NO2.2C2H6/c10-7-5-3-1-2-4-6(5)8(11)9-7;2*1-2/h5-6H,1-4H2,(H,9,10,11);2*1-2H3/t5-,6?;;/m1../s1. The van der Waals surface area contributed by atoms with E-state index in [1.165, 1.54) is 0 Å². The lowest BCUT2D eigenvalue weighted by molar-refractivity contribution is -0.126. The highest BCUT2D eigenvalue weighted by molar-refractivity contribution is 6.05. The van der Waals surface area contributed by atoms with E-state index in [4.69, 9.17) is 0 Å². The first-order valence-electron chi connectivity index (χ1n) is 6.14. The van der Waals surface area contributed by atoms with Crippen LogP contribution >= 0.6 is 0 Å². The second-order valence-electron chi connectivity index (χ2n) is 3.35. The first-order valence-corrected chi connectivity index (χ1v) is 6.14. The molecule has 1 aliphatic carbocycles. The molecule has 1 saturated heterocycles. The number of hydrogen-bond donors (Lipinski definition) is 1. The number of nitrogens with one attached hydrogen (secondary N) is 1. The zero-order valence-corrected chi connectivity index (χ0v) is 10.3. The van der Waals surface area contributed by atoms with E-state index in [2.05, 4.69) is 5.32 Å². The monoisotopic (exact) mass is 213 g/mol. The number of amides is 2. The summed E-state index contributed by atoms with van der Waals surface area (Å²) in [6.45, 7) is 8.00. The van der Waals surface area contributed by atoms with Crippen molar-refractivity contribution < 1.29 is 9.59 Å². The van der Waals surface area contributed by atoms with Gasteiger partial charge in [0.1, 0.15) is 0 Å². The van der Waals surface area contributed by atoms with Crippen molar-refractivity contribution in [1.29, 1.82) is 0 Å². The molecule has 2 amide bonds. The third kappa shape index (κ3) is 3.33. The highest BCUT2D eigenvalue weighted by atomic mass is 16.2. The Balaban J connectivity index is 0.000000442. The molecule has 2 atom stereocenters. The Morgan fingerprint density at radius 1 is 0.867 bits per heavy atom. The van der Waals surface area contributed by atoms with E-state index in [9.17, 15) is 9.59 Å². The van der Waals surface area contributed by atoms with E-state index in [0.717, 1.165) is 25.7 Å². The van der Waals surface area contributed by atoms with Crippen LogP contribution < -0.4 is 5.32 Å². The van der Waals surface area contributed by atoms with Gasteiger partial charge in [0, 0.05) is 11.8 Å². The molecule has 2 fully saturated rings. The van der Waals surface area contributed by atoms with E-state index < -0.39 is 0 Å². The largest absolute Gasteiger partial charge is 0.296 e. The fourth-order valence-corrected chi connectivity index (χ4v) is 2.07. The summed E-state index contributed by atoms with van der Waals surface area (Å²) in [7, 11) is 0. The van der Waals surface area contributed by atoms with Crippen LogP contribution in [0, 0.1) is 11.8 Å². The highest BCUT2D eigenvalue weighted by Gasteiger charge is 2.42. The lowest BCUT2D eigenvalue weighted by atomic mass is 9.81. The highest BCUT2D eigenvalue weighted by Crippen LogP contribution is 2.33. The Kier molecular flexibility index (Phi) is 7.01. The molecule has 15 heavy (non-hydrogen) atoms. The molecule has 0 aromatic carbocycles. The Hall–Kier alpha value is -0.860. The Morgan fingerprint density at radius 3 is 1.53 bits per heavy atom. The molecule has 2 rings (SSSR count). The molecule has 88 valence electrons. The van der Waals surface area contributed by atoms with Crippen LogP contribution in [0.5, 0.6) is 0 Å². The lowest BCUT2D eigenvalue weighted by Gasteiger charge is -2.19. The molecule has 0 spiro atoms. The molecular weight excluding hydrogens is 190 g/mol. The second-order valence-corrected chi connectivity index (χ2v) is 3.35. The first kappa shape index (κ1) is 14.1. The van der Waals surface area contributed by atoms with Crippen LogP contribution in [0.1, 0.15) is 53.4 Å². The van der Waals surface area contributed by atoms with Crippen LogP contribution in [0.4, 0.5) is 0 Å². The van der Waals surface area contributed by atoms with E-state index in [0.29, 0.717) is 0 Å². The third-order valence-electron chi connectivity index (χ3n) is 2.69. The van der Waals surface area contributed by atoms with E-state index in [1.807, 2.05) is 27.7 Å². The Bertz CT molecular complexity index is 192. The molecule has 1 unspecified atom stereocenters. The number of carbonyl (C=O) groups is 2. The van der Waals surface area contributed by atoms with Gasteiger partial charge >= 0.3 is 0 Å². The molecule has 3 nitrogen and oxygen atoms in total. The van der Waals surface area contributed by atoms with Crippen LogP contribution in [-0.4, -0.2) is 11.8 Å². The molecule has 1 saturated carbocycles. The topological polar surface area (TPSA) is 46.2 Å². The van der Waals surface area contributed by atoms with Crippen molar-refractivity contribution in [2.75, 3.05) is 0 Å².